The van der Waals surface area contributed by atoms with Crippen molar-refractivity contribution in [3.8, 4) is 0 Å². The fraction of sp³-hybridized carbons (Fsp3) is 0.150. The molecule has 0 spiro atoms. The van der Waals surface area contributed by atoms with Crippen molar-refractivity contribution in [2.45, 2.75) is 17.7 Å². The van der Waals surface area contributed by atoms with Gasteiger partial charge in [-0.15, -0.1) is 10.2 Å². The monoisotopic (exact) mass is 388 g/mol. The average molecular weight is 388 g/mol. The number of aryl methyl sites for hydroxylation is 2. The van der Waals surface area contributed by atoms with Crippen LogP contribution in [-0.2, 0) is 12.8 Å². The first-order chi connectivity index (χ1) is 13.6. The van der Waals surface area contributed by atoms with Gasteiger partial charge < -0.3 is 0 Å². The Hall–Kier alpha value is -3.26. The van der Waals surface area contributed by atoms with Crippen LogP contribution >= 0.6 is 11.8 Å². The van der Waals surface area contributed by atoms with E-state index < -0.39 is 0 Å². The first-order valence-electron chi connectivity index (χ1n) is 8.81. The molecule has 0 N–H and O–H groups in total. The molecule has 0 amide bonds. The molecule has 0 atom stereocenters. The molecule has 28 heavy (non-hydrogen) atoms. The van der Waals surface area contributed by atoms with Crippen LogP contribution in [0.2, 0.25) is 0 Å². The molecule has 0 bridgehead atoms. The van der Waals surface area contributed by atoms with Crippen LogP contribution in [0.4, 0.5) is 0 Å². The minimum absolute atomic E-state index is 0.0778. The number of thioether (sulfide) groups is 1. The summed E-state index contributed by atoms with van der Waals surface area (Å²) in [6.45, 7) is 1.96. The quantitative estimate of drug-likeness (QED) is 0.442. The van der Waals surface area contributed by atoms with Gasteiger partial charge in [-0.25, -0.2) is 9.97 Å². The third-order valence-corrected chi connectivity index (χ3v) is 5.80. The van der Waals surface area contributed by atoms with Gasteiger partial charge in [0.25, 0.3) is 5.56 Å². The summed E-state index contributed by atoms with van der Waals surface area (Å²) in [7, 11) is 1.72. The maximum absolute atomic E-state index is 12.6. The Kier molecular flexibility index (Phi) is 3.87. The van der Waals surface area contributed by atoms with Gasteiger partial charge in [-0.3, -0.25) is 13.8 Å². The molecule has 5 rings (SSSR count). The summed E-state index contributed by atoms with van der Waals surface area (Å²) < 4.78 is 3.47. The summed E-state index contributed by atoms with van der Waals surface area (Å²) in [4.78, 5) is 21.9. The largest absolute Gasteiger partial charge is 0.279 e. The predicted octanol–water partition coefficient (Wildman–Crippen LogP) is 3.13. The highest BCUT2D eigenvalue weighted by Crippen LogP contribution is 2.26. The number of fused-ring (bicyclic) bond motifs is 4. The zero-order valence-electron chi connectivity index (χ0n) is 15.3. The molecule has 0 aliphatic rings. The van der Waals surface area contributed by atoms with Crippen LogP contribution in [0.3, 0.4) is 0 Å². The summed E-state index contributed by atoms with van der Waals surface area (Å²) >= 11 is 1.57. The summed E-state index contributed by atoms with van der Waals surface area (Å²) in [6, 6.07) is 15.4. The first kappa shape index (κ1) is 16.9. The molecule has 3 aromatic heterocycles. The van der Waals surface area contributed by atoms with Crippen molar-refractivity contribution < 1.29 is 0 Å². The van der Waals surface area contributed by atoms with Crippen molar-refractivity contribution in [3.05, 3.63) is 70.4 Å². The molecule has 3 heterocycles. The number of benzene rings is 2. The maximum atomic E-state index is 12.6. The van der Waals surface area contributed by atoms with Crippen LogP contribution in [0, 0.1) is 6.92 Å². The van der Waals surface area contributed by atoms with E-state index in [-0.39, 0.29) is 5.56 Å². The van der Waals surface area contributed by atoms with Crippen molar-refractivity contribution in [1.82, 2.24) is 29.1 Å². The average Bonchev–Trinajstić information content (AvgIpc) is 3.15. The van der Waals surface area contributed by atoms with Gasteiger partial charge in [0.2, 0.25) is 5.78 Å². The van der Waals surface area contributed by atoms with Crippen molar-refractivity contribution in [1.29, 1.82) is 0 Å². The second-order valence-corrected chi connectivity index (χ2v) is 7.49. The van der Waals surface area contributed by atoms with Crippen molar-refractivity contribution in [2.24, 2.45) is 7.05 Å². The number of hydrogen-bond acceptors (Lipinski definition) is 6. The lowest BCUT2D eigenvalue weighted by Crippen LogP contribution is -2.20. The van der Waals surface area contributed by atoms with Crippen LogP contribution < -0.4 is 5.56 Å². The molecule has 2 aromatic carbocycles. The smallest absolute Gasteiger partial charge is 0.262 e. The van der Waals surface area contributed by atoms with Gasteiger partial charge in [-0.05, 0) is 31.2 Å². The Balaban J connectivity index is 1.60. The molecule has 0 aliphatic carbocycles. The molecule has 0 saturated carbocycles. The van der Waals surface area contributed by atoms with Gasteiger partial charge in [-0.2, -0.15) is 0 Å². The topological polar surface area (TPSA) is 78.0 Å². The molecule has 0 aliphatic heterocycles. The summed E-state index contributed by atoms with van der Waals surface area (Å²) in [5.41, 5.74) is 3.37. The van der Waals surface area contributed by atoms with Gasteiger partial charge in [0, 0.05) is 7.05 Å². The van der Waals surface area contributed by atoms with E-state index in [1.165, 1.54) is 4.57 Å². The number of nitrogens with zero attached hydrogens (tertiary/aromatic N) is 6. The third kappa shape index (κ3) is 2.56. The Morgan fingerprint density at radius 2 is 1.68 bits per heavy atom. The molecule has 0 saturated heterocycles. The Bertz CT molecular complexity index is 1420. The van der Waals surface area contributed by atoms with E-state index in [2.05, 4.69) is 15.2 Å². The molecule has 8 heteroatoms. The minimum Gasteiger partial charge on any atom is -0.279 e. The molecular formula is C20H16N6OS. The lowest BCUT2D eigenvalue weighted by Gasteiger charge is -2.08. The second-order valence-electron chi connectivity index (χ2n) is 6.52. The van der Waals surface area contributed by atoms with Gasteiger partial charge in [0.1, 0.15) is 10.9 Å². The van der Waals surface area contributed by atoms with E-state index in [0.29, 0.717) is 16.9 Å². The molecule has 0 radical (unpaired) electrons. The number of hydrogen-bond donors (Lipinski definition) is 0. The highest BCUT2D eigenvalue weighted by atomic mass is 32.2. The molecule has 138 valence electrons. The first-order valence-corrected chi connectivity index (χ1v) is 9.80. The molecular weight excluding hydrogens is 372 g/mol. The van der Waals surface area contributed by atoms with Crippen LogP contribution in [-0.4, -0.2) is 29.1 Å². The van der Waals surface area contributed by atoms with Crippen LogP contribution in [0.25, 0.3) is 27.7 Å². The van der Waals surface area contributed by atoms with Crippen molar-refractivity contribution in [3.63, 3.8) is 0 Å². The Morgan fingerprint density at radius 3 is 2.50 bits per heavy atom. The zero-order chi connectivity index (χ0) is 19.3. The van der Waals surface area contributed by atoms with E-state index in [1.54, 1.807) is 18.8 Å². The normalized spacial score (nSPS) is 11.6. The number of rotatable bonds is 3. The molecule has 7 nitrogen and oxygen atoms in total. The Labute approximate surface area is 164 Å². The van der Waals surface area contributed by atoms with Crippen molar-refractivity contribution >= 4 is 39.5 Å². The summed E-state index contributed by atoms with van der Waals surface area (Å²) in [6.07, 6.45) is 0. The lowest BCUT2D eigenvalue weighted by atomic mass is 10.2. The van der Waals surface area contributed by atoms with Gasteiger partial charge in [-0.1, -0.05) is 36.0 Å². The van der Waals surface area contributed by atoms with E-state index in [9.17, 15) is 4.79 Å². The third-order valence-electron chi connectivity index (χ3n) is 4.73. The highest BCUT2D eigenvalue weighted by molar-refractivity contribution is 7.98. The van der Waals surface area contributed by atoms with Crippen LogP contribution in [0.1, 0.15) is 11.5 Å². The van der Waals surface area contributed by atoms with Crippen molar-refractivity contribution in [2.75, 3.05) is 0 Å². The van der Waals surface area contributed by atoms with E-state index in [0.717, 1.165) is 33.1 Å². The molecule has 5 aromatic rings. The molecule has 0 fully saturated rings. The number of para-hydroxylation sites is 3. The highest BCUT2D eigenvalue weighted by Gasteiger charge is 2.15. The van der Waals surface area contributed by atoms with Crippen LogP contribution in [0.5, 0.6) is 0 Å². The lowest BCUT2D eigenvalue weighted by molar-refractivity contribution is 0.857. The second kappa shape index (κ2) is 6.42. The van der Waals surface area contributed by atoms with Gasteiger partial charge >= 0.3 is 0 Å². The van der Waals surface area contributed by atoms with Crippen LogP contribution in [0.15, 0.2) is 58.4 Å². The summed E-state index contributed by atoms with van der Waals surface area (Å²) in [5, 5.41) is 10.1. The Morgan fingerprint density at radius 1 is 0.964 bits per heavy atom. The maximum Gasteiger partial charge on any atom is 0.262 e. The predicted molar refractivity (Wildman–Crippen MR) is 110 cm³/mol. The zero-order valence-corrected chi connectivity index (χ0v) is 16.1. The number of aromatic nitrogens is 6. The fourth-order valence-electron chi connectivity index (χ4n) is 3.33. The SMILES string of the molecule is Cc1nc2ccccc2nc1SCc1nnc2n(C)c(=O)c3ccccc3n12. The van der Waals surface area contributed by atoms with Gasteiger partial charge in [0.05, 0.1) is 33.4 Å². The van der Waals surface area contributed by atoms with E-state index in [1.807, 2.05) is 59.9 Å². The standard InChI is InChI=1S/C20H16N6OS/c1-12-18(22-15-9-5-4-8-14(15)21-12)28-11-17-23-24-20-25(2)19(27)13-7-3-6-10-16(13)26(17)20/h3-10H,11H2,1-2H3. The minimum atomic E-state index is -0.0778. The summed E-state index contributed by atoms with van der Waals surface area (Å²) in [5.74, 6) is 1.86. The van der Waals surface area contributed by atoms with E-state index >= 15 is 0 Å². The molecule has 0 unspecified atom stereocenters. The van der Waals surface area contributed by atoms with Gasteiger partial charge in [0.15, 0.2) is 0 Å². The van der Waals surface area contributed by atoms with E-state index in [4.69, 9.17) is 4.98 Å². The fourth-order valence-corrected chi connectivity index (χ4v) is 4.20.